The standard InChI is InChI=1S/C18H12N2OS2/c21-17-16(11-13-7-4-10-19-13)23-18(22)20(17)15-9-3-6-12-5-1-2-8-14(12)15/h1-11,19H/b16-11-. The number of anilines is 1. The number of nitrogens with zero attached hydrogens (tertiary/aromatic N) is 1. The summed E-state index contributed by atoms with van der Waals surface area (Å²) < 4.78 is 0.559. The van der Waals surface area contributed by atoms with Crippen molar-refractivity contribution in [3.63, 3.8) is 0 Å². The number of fused-ring (bicyclic) bond motifs is 1. The maximum absolute atomic E-state index is 12.8. The van der Waals surface area contributed by atoms with Crippen LogP contribution in [0.15, 0.2) is 65.7 Å². The number of hydrogen-bond donors (Lipinski definition) is 1. The Morgan fingerprint density at radius 1 is 1.04 bits per heavy atom. The summed E-state index contributed by atoms with van der Waals surface area (Å²) in [4.78, 5) is 18.2. The molecule has 1 aliphatic rings. The molecular formula is C18H12N2OS2. The third-order valence-corrected chi connectivity index (χ3v) is 5.01. The molecule has 0 unspecified atom stereocenters. The van der Waals surface area contributed by atoms with E-state index < -0.39 is 0 Å². The Morgan fingerprint density at radius 3 is 2.70 bits per heavy atom. The van der Waals surface area contributed by atoms with Gasteiger partial charge in [-0.1, -0.05) is 60.4 Å². The first kappa shape index (κ1) is 14.2. The van der Waals surface area contributed by atoms with Crippen LogP contribution in [0.4, 0.5) is 5.69 Å². The SMILES string of the molecule is O=C1/C(=C/c2ccc[nH]2)SC(=S)N1c1cccc2ccccc12. The fourth-order valence-corrected chi connectivity index (χ4v) is 3.93. The first-order valence-electron chi connectivity index (χ1n) is 7.13. The fourth-order valence-electron chi connectivity index (χ4n) is 2.65. The van der Waals surface area contributed by atoms with Gasteiger partial charge < -0.3 is 4.98 Å². The normalized spacial score (nSPS) is 16.7. The van der Waals surface area contributed by atoms with Crippen LogP contribution in [0.25, 0.3) is 16.8 Å². The van der Waals surface area contributed by atoms with Gasteiger partial charge in [0.2, 0.25) is 0 Å². The van der Waals surface area contributed by atoms with E-state index in [0.29, 0.717) is 9.23 Å². The highest BCUT2D eigenvalue weighted by molar-refractivity contribution is 8.27. The van der Waals surface area contributed by atoms with Crippen molar-refractivity contribution in [2.24, 2.45) is 0 Å². The molecule has 1 aromatic heterocycles. The van der Waals surface area contributed by atoms with Gasteiger partial charge in [0, 0.05) is 17.3 Å². The Morgan fingerprint density at radius 2 is 1.87 bits per heavy atom. The van der Waals surface area contributed by atoms with Gasteiger partial charge in [-0.25, -0.2) is 0 Å². The molecule has 0 spiro atoms. The number of carbonyl (C=O) groups is 1. The van der Waals surface area contributed by atoms with Crippen molar-refractivity contribution < 1.29 is 4.79 Å². The van der Waals surface area contributed by atoms with Gasteiger partial charge in [-0.3, -0.25) is 9.69 Å². The quantitative estimate of drug-likeness (QED) is 0.550. The molecule has 2 aromatic carbocycles. The number of rotatable bonds is 2. The van der Waals surface area contributed by atoms with Gasteiger partial charge in [0.1, 0.15) is 0 Å². The van der Waals surface area contributed by atoms with Crippen LogP contribution in [0, 0.1) is 0 Å². The van der Waals surface area contributed by atoms with E-state index in [1.165, 1.54) is 11.8 Å². The molecule has 4 rings (SSSR count). The van der Waals surface area contributed by atoms with Crippen molar-refractivity contribution in [3.05, 3.63) is 71.4 Å². The molecule has 0 atom stereocenters. The number of aromatic nitrogens is 1. The van der Waals surface area contributed by atoms with Crippen LogP contribution >= 0.6 is 24.0 Å². The molecule has 3 aromatic rings. The van der Waals surface area contributed by atoms with Crippen molar-refractivity contribution in [2.45, 2.75) is 0 Å². The summed E-state index contributed by atoms with van der Waals surface area (Å²) >= 11 is 6.78. The monoisotopic (exact) mass is 336 g/mol. The van der Waals surface area contributed by atoms with E-state index in [9.17, 15) is 4.79 Å². The van der Waals surface area contributed by atoms with Gasteiger partial charge in [0.25, 0.3) is 5.91 Å². The fraction of sp³-hybridized carbons (Fsp3) is 0. The predicted molar refractivity (Wildman–Crippen MR) is 100 cm³/mol. The minimum Gasteiger partial charge on any atom is -0.362 e. The molecule has 23 heavy (non-hydrogen) atoms. The lowest BCUT2D eigenvalue weighted by Gasteiger charge is -2.17. The summed E-state index contributed by atoms with van der Waals surface area (Å²) in [6, 6.07) is 17.7. The zero-order valence-electron chi connectivity index (χ0n) is 12.0. The molecule has 0 radical (unpaired) electrons. The lowest BCUT2D eigenvalue weighted by atomic mass is 10.1. The van der Waals surface area contributed by atoms with Crippen molar-refractivity contribution in [3.8, 4) is 0 Å². The highest BCUT2D eigenvalue weighted by Gasteiger charge is 2.34. The van der Waals surface area contributed by atoms with E-state index in [1.54, 1.807) is 4.90 Å². The van der Waals surface area contributed by atoms with Crippen LogP contribution in [0.3, 0.4) is 0 Å². The molecule has 5 heteroatoms. The number of thioether (sulfide) groups is 1. The molecule has 3 nitrogen and oxygen atoms in total. The molecule has 0 bridgehead atoms. The summed E-state index contributed by atoms with van der Waals surface area (Å²) in [5.41, 5.74) is 1.73. The third kappa shape index (κ3) is 2.48. The van der Waals surface area contributed by atoms with Crippen LogP contribution in [-0.2, 0) is 4.79 Å². The Kier molecular flexibility index (Phi) is 3.52. The molecule has 1 amide bonds. The van der Waals surface area contributed by atoms with Crippen LogP contribution in [-0.4, -0.2) is 15.2 Å². The number of H-pyrrole nitrogens is 1. The van der Waals surface area contributed by atoms with E-state index in [-0.39, 0.29) is 5.91 Å². The minimum absolute atomic E-state index is 0.0778. The number of aromatic amines is 1. The Hall–Kier alpha value is -2.37. The van der Waals surface area contributed by atoms with E-state index >= 15 is 0 Å². The van der Waals surface area contributed by atoms with E-state index in [2.05, 4.69) is 4.98 Å². The van der Waals surface area contributed by atoms with Gasteiger partial charge in [-0.05, 0) is 29.7 Å². The first-order chi connectivity index (χ1) is 11.2. The average Bonchev–Trinajstić information content (AvgIpc) is 3.16. The molecule has 0 saturated carbocycles. The second-order valence-corrected chi connectivity index (χ2v) is 6.82. The number of nitrogens with one attached hydrogen (secondary N) is 1. The molecule has 1 N–H and O–H groups in total. The number of hydrogen-bond acceptors (Lipinski definition) is 3. The number of amides is 1. The first-order valence-corrected chi connectivity index (χ1v) is 8.35. The van der Waals surface area contributed by atoms with Crippen LogP contribution in [0.1, 0.15) is 5.69 Å². The van der Waals surface area contributed by atoms with Gasteiger partial charge in [-0.2, -0.15) is 0 Å². The largest absolute Gasteiger partial charge is 0.362 e. The lowest BCUT2D eigenvalue weighted by molar-refractivity contribution is -0.113. The Balaban J connectivity index is 1.80. The molecule has 1 saturated heterocycles. The summed E-state index contributed by atoms with van der Waals surface area (Å²) in [7, 11) is 0. The molecule has 112 valence electrons. The van der Waals surface area contributed by atoms with Crippen LogP contribution in [0.5, 0.6) is 0 Å². The molecule has 2 heterocycles. The second-order valence-electron chi connectivity index (χ2n) is 5.14. The highest BCUT2D eigenvalue weighted by Crippen LogP contribution is 2.38. The third-order valence-electron chi connectivity index (χ3n) is 3.71. The van der Waals surface area contributed by atoms with E-state index in [1.807, 2.05) is 66.9 Å². The Bertz CT molecular complexity index is 939. The van der Waals surface area contributed by atoms with Crippen LogP contribution < -0.4 is 4.90 Å². The van der Waals surface area contributed by atoms with Gasteiger partial charge in [0.05, 0.1) is 10.6 Å². The van der Waals surface area contributed by atoms with Gasteiger partial charge in [0.15, 0.2) is 4.32 Å². The lowest BCUT2D eigenvalue weighted by Crippen LogP contribution is -2.27. The molecule has 1 fully saturated rings. The van der Waals surface area contributed by atoms with Crippen molar-refractivity contribution >= 4 is 56.7 Å². The average molecular weight is 336 g/mol. The van der Waals surface area contributed by atoms with Crippen molar-refractivity contribution in [1.29, 1.82) is 0 Å². The predicted octanol–water partition coefficient (Wildman–Crippen LogP) is 4.57. The van der Waals surface area contributed by atoms with Gasteiger partial charge >= 0.3 is 0 Å². The zero-order chi connectivity index (χ0) is 15.8. The minimum atomic E-state index is -0.0778. The van der Waals surface area contributed by atoms with Gasteiger partial charge in [-0.15, -0.1) is 0 Å². The molecule has 1 aliphatic heterocycles. The zero-order valence-corrected chi connectivity index (χ0v) is 13.7. The van der Waals surface area contributed by atoms with Crippen LogP contribution in [0.2, 0.25) is 0 Å². The molecule has 0 aliphatic carbocycles. The highest BCUT2D eigenvalue weighted by atomic mass is 32.2. The summed E-state index contributed by atoms with van der Waals surface area (Å²) in [6.07, 6.45) is 3.67. The van der Waals surface area contributed by atoms with Crippen molar-refractivity contribution in [2.75, 3.05) is 4.90 Å². The Labute approximate surface area is 143 Å². The summed E-state index contributed by atoms with van der Waals surface area (Å²) in [5.74, 6) is -0.0778. The number of benzene rings is 2. The van der Waals surface area contributed by atoms with E-state index in [4.69, 9.17) is 12.2 Å². The summed E-state index contributed by atoms with van der Waals surface area (Å²) in [5, 5.41) is 2.11. The second kappa shape index (κ2) is 5.68. The maximum atomic E-state index is 12.8. The van der Waals surface area contributed by atoms with Crippen molar-refractivity contribution in [1.82, 2.24) is 4.98 Å². The van der Waals surface area contributed by atoms with E-state index in [0.717, 1.165) is 22.2 Å². The smallest absolute Gasteiger partial charge is 0.270 e. The maximum Gasteiger partial charge on any atom is 0.270 e. The topological polar surface area (TPSA) is 36.1 Å². The number of thiocarbonyl (C=S) groups is 1. The molecular weight excluding hydrogens is 324 g/mol. The number of carbonyl (C=O) groups excluding carboxylic acids is 1. The summed E-state index contributed by atoms with van der Waals surface area (Å²) in [6.45, 7) is 0.